The molecule has 5 heterocycles. The zero-order valence-corrected chi connectivity index (χ0v) is 20.8. The molecule has 3 aliphatic heterocycles. The van der Waals surface area contributed by atoms with E-state index in [4.69, 9.17) is 9.26 Å². The summed E-state index contributed by atoms with van der Waals surface area (Å²) in [5, 5.41) is 4.23. The third-order valence-corrected chi connectivity index (χ3v) is 9.51. The van der Waals surface area contributed by atoms with E-state index in [-0.39, 0.29) is 17.2 Å². The number of hydrogen-bond acceptors (Lipinski definition) is 8. The van der Waals surface area contributed by atoms with Gasteiger partial charge in [0.1, 0.15) is 0 Å². The molecule has 12 heteroatoms. The van der Waals surface area contributed by atoms with Crippen molar-refractivity contribution in [2.75, 3.05) is 52.5 Å². The normalized spacial score (nSPS) is 22.8. The van der Waals surface area contributed by atoms with Crippen LogP contribution >= 0.6 is 0 Å². The molecule has 11 nitrogen and oxygen atoms in total. The number of pyridine rings is 1. The predicted octanol–water partition coefficient (Wildman–Crippen LogP) is 1.30. The van der Waals surface area contributed by atoms with Gasteiger partial charge >= 0.3 is 0 Å². The lowest BCUT2D eigenvalue weighted by Gasteiger charge is -2.40. The van der Waals surface area contributed by atoms with Gasteiger partial charge in [-0.15, -0.1) is 0 Å². The van der Waals surface area contributed by atoms with Crippen LogP contribution in [-0.4, -0.2) is 95.4 Å². The second-order valence-electron chi connectivity index (χ2n) is 9.74. The maximum atomic E-state index is 13.2. The van der Waals surface area contributed by atoms with E-state index >= 15 is 0 Å². The molecule has 0 bridgehead atoms. The Morgan fingerprint density at radius 2 is 1.74 bits per heavy atom. The fraction of sp³-hybridized carbons (Fsp3) is 0.652. The van der Waals surface area contributed by atoms with E-state index in [0.717, 1.165) is 18.4 Å². The lowest BCUT2D eigenvalue weighted by atomic mass is 9.79. The van der Waals surface area contributed by atoms with Crippen molar-refractivity contribution < 1.29 is 22.5 Å². The molecule has 2 aromatic rings. The minimum Gasteiger partial charge on any atom is -0.379 e. The van der Waals surface area contributed by atoms with Crippen LogP contribution in [0.15, 0.2) is 29.0 Å². The molecule has 0 unspecified atom stereocenters. The average Bonchev–Trinajstić information content (AvgIpc) is 3.41. The number of nitrogens with zero attached hydrogens (tertiary/aromatic N) is 6. The molecule has 35 heavy (non-hydrogen) atoms. The van der Waals surface area contributed by atoms with Crippen LogP contribution in [0.5, 0.6) is 0 Å². The molecule has 1 amide bonds. The Morgan fingerprint density at radius 3 is 2.40 bits per heavy atom. The minimum absolute atomic E-state index is 0.125. The molecular weight excluding hydrogens is 472 g/mol. The van der Waals surface area contributed by atoms with Crippen molar-refractivity contribution in [1.29, 1.82) is 0 Å². The fourth-order valence-electron chi connectivity index (χ4n) is 5.05. The number of rotatable bonds is 5. The second kappa shape index (κ2) is 9.92. The molecule has 0 spiro atoms. The molecule has 0 N–H and O–H groups in total. The van der Waals surface area contributed by atoms with Crippen molar-refractivity contribution in [2.24, 2.45) is 5.92 Å². The standard InChI is InChI=1S/C23H32N6O5S/c1-23(22-25-20(34-26-22)19-3-2-8-24-17-19)6-11-27(12-7-23)21(30)18-4-9-28(10-5-18)35(31,32)29-13-15-33-16-14-29/h2-3,8,17-18H,4-7,9-16H2,1H3. The summed E-state index contributed by atoms with van der Waals surface area (Å²) in [6.07, 6.45) is 5.98. The smallest absolute Gasteiger partial charge is 0.282 e. The Morgan fingerprint density at radius 1 is 1.06 bits per heavy atom. The maximum Gasteiger partial charge on any atom is 0.282 e. The van der Waals surface area contributed by atoms with Crippen molar-refractivity contribution in [3.63, 3.8) is 0 Å². The van der Waals surface area contributed by atoms with Crippen molar-refractivity contribution in [3.05, 3.63) is 30.4 Å². The second-order valence-corrected chi connectivity index (χ2v) is 11.7. The Balaban J connectivity index is 1.15. The van der Waals surface area contributed by atoms with E-state index in [2.05, 4.69) is 22.0 Å². The third-order valence-electron chi connectivity index (χ3n) is 7.48. The number of aromatic nitrogens is 3. The molecule has 190 valence electrons. The quantitative estimate of drug-likeness (QED) is 0.597. The Labute approximate surface area is 205 Å². The van der Waals surface area contributed by atoms with Crippen LogP contribution in [0.25, 0.3) is 11.5 Å². The molecule has 3 aliphatic rings. The summed E-state index contributed by atoms with van der Waals surface area (Å²) in [5.74, 6) is 1.09. The zero-order chi connectivity index (χ0) is 24.5. The number of amides is 1. The van der Waals surface area contributed by atoms with E-state index in [1.165, 1.54) is 8.61 Å². The first-order valence-electron chi connectivity index (χ1n) is 12.2. The summed E-state index contributed by atoms with van der Waals surface area (Å²) in [6.45, 7) is 5.74. The van der Waals surface area contributed by atoms with Gasteiger partial charge in [0.25, 0.3) is 16.1 Å². The number of carbonyl (C=O) groups excluding carboxylic acids is 1. The molecule has 0 aliphatic carbocycles. The van der Waals surface area contributed by atoms with Crippen molar-refractivity contribution in [1.82, 2.24) is 28.6 Å². The molecule has 0 saturated carbocycles. The van der Waals surface area contributed by atoms with Crippen LogP contribution in [0.4, 0.5) is 0 Å². The highest BCUT2D eigenvalue weighted by molar-refractivity contribution is 7.86. The van der Waals surface area contributed by atoms with Gasteiger partial charge in [-0.2, -0.15) is 22.0 Å². The van der Waals surface area contributed by atoms with Gasteiger partial charge < -0.3 is 14.2 Å². The molecule has 5 rings (SSSR count). The van der Waals surface area contributed by atoms with Gasteiger partial charge in [0, 0.05) is 63.0 Å². The van der Waals surface area contributed by atoms with E-state index in [1.807, 2.05) is 17.0 Å². The number of piperidine rings is 2. The molecule has 2 aromatic heterocycles. The number of carbonyl (C=O) groups is 1. The van der Waals surface area contributed by atoms with E-state index in [1.54, 1.807) is 12.4 Å². The first-order chi connectivity index (χ1) is 16.9. The van der Waals surface area contributed by atoms with Crippen molar-refractivity contribution in [3.8, 4) is 11.5 Å². The largest absolute Gasteiger partial charge is 0.379 e. The minimum atomic E-state index is -3.49. The molecule has 3 fully saturated rings. The maximum absolute atomic E-state index is 13.2. The highest BCUT2D eigenvalue weighted by Crippen LogP contribution is 2.35. The van der Waals surface area contributed by atoms with Crippen LogP contribution in [0.1, 0.15) is 38.4 Å². The summed E-state index contributed by atoms with van der Waals surface area (Å²) in [6, 6.07) is 3.71. The highest BCUT2D eigenvalue weighted by atomic mass is 32.2. The van der Waals surface area contributed by atoms with Gasteiger partial charge in [-0.05, 0) is 37.8 Å². The predicted molar refractivity (Wildman–Crippen MR) is 126 cm³/mol. The highest BCUT2D eigenvalue weighted by Gasteiger charge is 2.40. The molecule has 0 radical (unpaired) electrons. The first kappa shape index (κ1) is 24.3. The Hall–Kier alpha value is -2.41. The van der Waals surface area contributed by atoms with Gasteiger partial charge in [-0.3, -0.25) is 9.78 Å². The SMILES string of the molecule is CC1(c2noc(-c3cccnc3)n2)CCN(C(=O)C2CCN(S(=O)(=O)N3CCOCC3)CC2)CC1. The van der Waals surface area contributed by atoms with E-state index in [9.17, 15) is 13.2 Å². The molecule has 0 atom stereocenters. The number of likely N-dealkylation sites (tertiary alicyclic amines) is 1. The third kappa shape index (κ3) is 4.97. The summed E-state index contributed by atoms with van der Waals surface area (Å²) in [5.41, 5.74) is 0.514. The summed E-state index contributed by atoms with van der Waals surface area (Å²) in [7, 11) is -3.49. The summed E-state index contributed by atoms with van der Waals surface area (Å²) < 4.78 is 39.5. The number of morpholine rings is 1. The Bertz CT molecular complexity index is 1120. The summed E-state index contributed by atoms with van der Waals surface area (Å²) >= 11 is 0. The topological polar surface area (TPSA) is 122 Å². The molecule has 3 saturated heterocycles. The zero-order valence-electron chi connectivity index (χ0n) is 20.0. The van der Waals surface area contributed by atoms with Gasteiger partial charge in [0.2, 0.25) is 5.91 Å². The van der Waals surface area contributed by atoms with Gasteiger partial charge in [-0.25, -0.2) is 0 Å². The van der Waals surface area contributed by atoms with Crippen LogP contribution in [0, 0.1) is 5.92 Å². The van der Waals surface area contributed by atoms with Crippen LogP contribution in [-0.2, 0) is 25.2 Å². The Kier molecular flexibility index (Phi) is 6.88. The average molecular weight is 505 g/mol. The number of ether oxygens (including phenoxy) is 1. The van der Waals surface area contributed by atoms with Gasteiger partial charge in [-0.1, -0.05) is 12.1 Å². The molecular formula is C23H32N6O5S. The van der Waals surface area contributed by atoms with Crippen molar-refractivity contribution in [2.45, 2.75) is 38.0 Å². The van der Waals surface area contributed by atoms with Gasteiger partial charge in [0.05, 0.1) is 18.8 Å². The fourth-order valence-corrected chi connectivity index (χ4v) is 6.66. The van der Waals surface area contributed by atoms with Crippen LogP contribution < -0.4 is 0 Å². The van der Waals surface area contributed by atoms with Crippen LogP contribution in [0.3, 0.4) is 0 Å². The van der Waals surface area contributed by atoms with E-state index in [0.29, 0.717) is 77.0 Å². The summed E-state index contributed by atoms with van der Waals surface area (Å²) in [4.78, 5) is 23.8. The molecule has 0 aromatic carbocycles. The first-order valence-corrected chi connectivity index (χ1v) is 13.6. The van der Waals surface area contributed by atoms with E-state index < -0.39 is 10.2 Å². The van der Waals surface area contributed by atoms with Gasteiger partial charge in [0.15, 0.2) is 5.82 Å². The van der Waals surface area contributed by atoms with Crippen molar-refractivity contribution >= 4 is 16.1 Å². The lowest BCUT2D eigenvalue weighted by molar-refractivity contribution is -0.138. The monoisotopic (exact) mass is 504 g/mol. The van der Waals surface area contributed by atoms with Crippen LogP contribution in [0.2, 0.25) is 0 Å². The number of hydrogen-bond donors (Lipinski definition) is 0. The lowest BCUT2D eigenvalue weighted by Crippen LogP contribution is -2.52.